The summed E-state index contributed by atoms with van der Waals surface area (Å²) in [5.74, 6) is 0.0578. The summed E-state index contributed by atoms with van der Waals surface area (Å²) in [7, 11) is 0. The van der Waals surface area contributed by atoms with Crippen molar-refractivity contribution in [2.45, 2.75) is 30.4 Å². The number of nitrogens with zero attached hydrogens (tertiary/aromatic N) is 1. The minimum absolute atomic E-state index is 0.0350. The number of ketones is 1. The Morgan fingerprint density at radius 3 is 2.87 bits per heavy atom. The zero-order valence-corrected chi connectivity index (χ0v) is 9.67. The van der Waals surface area contributed by atoms with Gasteiger partial charge in [-0.3, -0.25) is 4.79 Å². The molecule has 0 aromatic heterocycles. The van der Waals surface area contributed by atoms with E-state index in [2.05, 4.69) is 6.07 Å². The summed E-state index contributed by atoms with van der Waals surface area (Å²) < 4.78 is 0. The van der Waals surface area contributed by atoms with Gasteiger partial charge in [-0.05, 0) is 25.5 Å². The molecule has 0 aliphatic heterocycles. The number of hydrogen-bond acceptors (Lipinski definition) is 3. The Morgan fingerprint density at radius 1 is 1.60 bits per heavy atom. The first-order valence-electron chi connectivity index (χ1n) is 4.84. The average Bonchev–Trinajstić information content (AvgIpc) is 2.26. The molecule has 0 amide bonds. The Labute approximate surface area is 94.3 Å². The molecule has 15 heavy (non-hydrogen) atoms. The maximum absolute atomic E-state index is 11.1. The Balaban J connectivity index is 2.83. The number of carbonyl (C=O) groups excluding carboxylic acids is 1. The van der Waals surface area contributed by atoms with Crippen molar-refractivity contribution in [1.29, 1.82) is 5.26 Å². The minimum Gasteiger partial charge on any atom is -0.295 e. The molecule has 0 heterocycles. The molecule has 0 N–H and O–H groups in total. The maximum Gasteiger partial charge on any atom is 0.159 e. The molecule has 3 heteroatoms. The van der Waals surface area contributed by atoms with Crippen LogP contribution in [0.5, 0.6) is 0 Å². The van der Waals surface area contributed by atoms with E-state index < -0.39 is 0 Å². The van der Waals surface area contributed by atoms with Gasteiger partial charge >= 0.3 is 0 Å². The number of carbonyl (C=O) groups is 1. The SMILES string of the molecule is CCC(C#N)Sc1cccc(C(C)=O)c1. The zero-order chi connectivity index (χ0) is 11.3. The van der Waals surface area contributed by atoms with Crippen LogP contribution in [-0.4, -0.2) is 11.0 Å². The quantitative estimate of drug-likeness (QED) is 0.576. The van der Waals surface area contributed by atoms with Gasteiger partial charge in [-0.25, -0.2) is 0 Å². The number of Topliss-reactive ketones (excluding diaryl/α,β-unsaturated/α-hetero) is 1. The van der Waals surface area contributed by atoms with Crippen LogP contribution < -0.4 is 0 Å². The van der Waals surface area contributed by atoms with Crippen LogP contribution in [-0.2, 0) is 0 Å². The van der Waals surface area contributed by atoms with Crippen LogP contribution in [0.2, 0.25) is 0 Å². The fraction of sp³-hybridized carbons (Fsp3) is 0.333. The predicted molar refractivity (Wildman–Crippen MR) is 62.0 cm³/mol. The summed E-state index contributed by atoms with van der Waals surface area (Å²) in [5.41, 5.74) is 0.702. The van der Waals surface area contributed by atoms with E-state index in [0.29, 0.717) is 5.56 Å². The lowest BCUT2D eigenvalue weighted by Crippen LogP contribution is -1.96. The van der Waals surface area contributed by atoms with Gasteiger partial charge in [-0.15, -0.1) is 11.8 Å². The molecule has 1 atom stereocenters. The molecule has 0 spiro atoms. The predicted octanol–water partition coefficient (Wildman–Crippen LogP) is 3.28. The van der Waals surface area contributed by atoms with E-state index in [1.807, 2.05) is 25.1 Å². The van der Waals surface area contributed by atoms with Gasteiger partial charge in [0.2, 0.25) is 0 Å². The second kappa shape index (κ2) is 5.57. The van der Waals surface area contributed by atoms with E-state index in [9.17, 15) is 4.79 Å². The molecule has 0 saturated carbocycles. The Hall–Kier alpha value is -1.27. The van der Waals surface area contributed by atoms with E-state index in [4.69, 9.17) is 5.26 Å². The number of hydrogen-bond donors (Lipinski definition) is 0. The smallest absolute Gasteiger partial charge is 0.159 e. The highest BCUT2D eigenvalue weighted by atomic mass is 32.2. The zero-order valence-electron chi connectivity index (χ0n) is 8.86. The Morgan fingerprint density at radius 2 is 2.33 bits per heavy atom. The first kappa shape index (κ1) is 11.8. The number of thioether (sulfide) groups is 1. The third-order valence-corrected chi connectivity index (χ3v) is 3.28. The monoisotopic (exact) mass is 219 g/mol. The van der Waals surface area contributed by atoms with E-state index in [1.165, 1.54) is 11.8 Å². The summed E-state index contributed by atoms with van der Waals surface area (Å²) >= 11 is 1.51. The van der Waals surface area contributed by atoms with Crippen LogP contribution >= 0.6 is 11.8 Å². The number of nitriles is 1. The molecular formula is C12H13NOS. The molecule has 0 aliphatic rings. The summed E-state index contributed by atoms with van der Waals surface area (Å²) in [6, 6.07) is 9.64. The molecule has 1 aromatic rings. The van der Waals surface area contributed by atoms with E-state index in [-0.39, 0.29) is 11.0 Å². The maximum atomic E-state index is 11.1. The average molecular weight is 219 g/mol. The normalized spacial score (nSPS) is 11.8. The van der Waals surface area contributed by atoms with Crippen LogP contribution in [0, 0.1) is 11.3 Å². The van der Waals surface area contributed by atoms with Gasteiger partial charge in [-0.1, -0.05) is 19.1 Å². The van der Waals surface area contributed by atoms with Gasteiger partial charge < -0.3 is 0 Å². The second-order valence-corrected chi connectivity index (χ2v) is 4.50. The van der Waals surface area contributed by atoms with Crippen molar-refractivity contribution in [3.63, 3.8) is 0 Å². The summed E-state index contributed by atoms with van der Waals surface area (Å²) in [6.07, 6.45) is 0.811. The van der Waals surface area contributed by atoms with Crippen LogP contribution in [0.4, 0.5) is 0 Å². The molecule has 0 radical (unpaired) electrons. The van der Waals surface area contributed by atoms with Crippen LogP contribution in [0.3, 0.4) is 0 Å². The molecule has 78 valence electrons. The molecule has 1 aromatic carbocycles. The second-order valence-electron chi connectivity index (χ2n) is 3.23. The number of rotatable bonds is 4. The van der Waals surface area contributed by atoms with Crippen molar-refractivity contribution in [1.82, 2.24) is 0 Å². The van der Waals surface area contributed by atoms with Gasteiger partial charge in [0, 0.05) is 10.5 Å². The van der Waals surface area contributed by atoms with Crippen LogP contribution in [0.1, 0.15) is 30.6 Å². The van der Waals surface area contributed by atoms with Crippen molar-refractivity contribution in [2.24, 2.45) is 0 Å². The van der Waals surface area contributed by atoms with Gasteiger partial charge in [0.15, 0.2) is 5.78 Å². The summed E-state index contributed by atoms with van der Waals surface area (Å²) in [5, 5.41) is 8.79. The lowest BCUT2D eigenvalue weighted by molar-refractivity contribution is 0.101. The number of benzene rings is 1. The molecule has 0 fully saturated rings. The van der Waals surface area contributed by atoms with Crippen LogP contribution in [0.25, 0.3) is 0 Å². The molecule has 2 nitrogen and oxygen atoms in total. The molecule has 1 rings (SSSR count). The highest BCUT2D eigenvalue weighted by Gasteiger charge is 2.07. The molecule has 0 saturated heterocycles. The summed E-state index contributed by atoms with van der Waals surface area (Å²) in [6.45, 7) is 3.53. The first-order valence-corrected chi connectivity index (χ1v) is 5.72. The standard InChI is InChI=1S/C12H13NOS/c1-3-11(8-13)15-12-6-4-5-10(7-12)9(2)14/h4-7,11H,3H2,1-2H3. The van der Waals surface area contributed by atoms with E-state index in [1.54, 1.807) is 13.0 Å². The fourth-order valence-electron chi connectivity index (χ4n) is 1.15. The van der Waals surface area contributed by atoms with Crippen molar-refractivity contribution in [3.05, 3.63) is 29.8 Å². The molecule has 0 bridgehead atoms. The minimum atomic E-state index is -0.0350. The van der Waals surface area contributed by atoms with Gasteiger partial charge in [0.05, 0.1) is 11.3 Å². The van der Waals surface area contributed by atoms with Crippen molar-refractivity contribution in [3.8, 4) is 6.07 Å². The highest BCUT2D eigenvalue weighted by molar-refractivity contribution is 8.00. The third kappa shape index (κ3) is 3.41. The molecule has 1 unspecified atom stereocenters. The van der Waals surface area contributed by atoms with Crippen molar-refractivity contribution < 1.29 is 4.79 Å². The molecule has 0 aliphatic carbocycles. The topological polar surface area (TPSA) is 40.9 Å². The lowest BCUT2D eigenvalue weighted by Gasteiger charge is -2.06. The van der Waals surface area contributed by atoms with E-state index >= 15 is 0 Å². The fourth-order valence-corrected chi connectivity index (χ4v) is 2.05. The van der Waals surface area contributed by atoms with Gasteiger partial charge in [0.25, 0.3) is 0 Å². The van der Waals surface area contributed by atoms with Gasteiger partial charge in [-0.2, -0.15) is 5.26 Å². The molecular weight excluding hydrogens is 206 g/mol. The Kier molecular flexibility index (Phi) is 4.38. The van der Waals surface area contributed by atoms with Gasteiger partial charge in [0.1, 0.15) is 0 Å². The lowest BCUT2D eigenvalue weighted by atomic mass is 10.2. The third-order valence-electron chi connectivity index (χ3n) is 2.03. The highest BCUT2D eigenvalue weighted by Crippen LogP contribution is 2.25. The van der Waals surface area contributed by atoms with E-state index in [0.717, 1.165) is 11.3 Å². The van der Waals surface area contributed by atoms with Crippen LogP contribution in [0.15, 0.2) is 29.2 Å². The largest absolute Gasteiger partial charge is 0.295 e. The first-order chi connectivity index (χ1) is 7.17. The summed E-state index contributed by atoms with van der Waals surface area (Å²) in [4.78, 5) is 12.1. The Bertz CT molecular complexity index is 395. The van der Waals surface area contributed by atoms with Crippen molar-refractivity contribution >= 4 is 17.5 Å². The van der Waals surface area contributed by atoms with Crippen molar-refractivity contribution in [2.75, 3.05) is 0 Å².